The summed E-state index contributed by atoms with van der Waals surface area (Å²) in [7, 11) is 1.53. The maximum absolute atomic E-state index is 11.6. The Morgan fingerprint density at radius 3 is 2.39 bits per heavy atom. The molecule has 5 heteroatoms. The van der Waals surface area contributed by atoms with E-state index in [1.807, 2.05) is 0 Å². The second-order valence-electron chi connectivity index (χ2n) is 3.85. The number of nitrogens with one attached hydrogen (secondary N) is 2. The van der Waals surface area contributed by atoms with Gasteiger partial charge in [-0.15, -0.1) is 0 Å². The summed E-state index contributed by atoms with van der Waals surface area (Å²) in [5, 5.41) is 5.11. The molecule has 0 aliphatic heterocycles. The molecule has 2 amide bonds. The highest BCUT2D eigenvalue weighted by atomic mass is 16.2. The highest BCUT2D eigenvalue weighted by Crippen LogP contribution is 2.13. The van der Waals surface area contributed by atoms with Crippen LogP contribution in [-0.2, 0) is 16.0 Å². The minimum atomic E-state index is -0.591. The molecule has 0 aromatic heterocycles. The van der Waals surface area contributed by atoms with Crippen LogP contribution in [-0.4, -0.2) is 24.9 Å². The molecule has 0 bridgehead atoms. The fourth-order valence-electron chi connectivity index (χ4n) is 1.57. The van der Waals surface area contributed by atoms with E-state index in [4.69, 9.17) is 6.57 Å². The van der Waals surface area contributed by atoms with Crippen LogP contribution in [0.5, 0.6) is 0 Å². The zero-order valence-electron chi connectivity index (χ0n) is 10.4. The van der Waals surface area contributed by atoms with Crippen molar-refractivity contribution in [1.29, 1.82) is 0 Å². The smallest absolute Gasteiger partial charge is 0.242 e. The van der Waals surface area contributed by atoms with E-state index >= 15 is 0 Å². The zero-order chi connectivity index (χ0) is 13.5. The lowest BCUT2D eigenvalue weighted by Gasteiger charge is -2.16. The molecule has 1 aromatic rings. The first kappa shape index (κ1) is 13.7. The summed E-state index contributed by atoms with van der Waals surface area (Å²) in [5.74, 6) is -0.485. The van der Waals surface area contributed by atoms with Gasteiger partial charge in [0.05, 0.1) is 6.57 Å². The third-order valence-electron chi connectivity index (χ3n) is 2.45. The highest BCUT2D eigenvalue weighted by Gasteiger charge is 2.18. The summed E-state index contributed by atoms with van der Waals surface area (Å²) < 4.78 is 0. The SMILES string of the molecule is [C-]#[N+]c1ccc(C[C@H](NC(C)=O)C(=O)NC)cc1. The van der Waals surface area contributed by atoms with E-state index in [1.54, 1.807) is 24.3 Å². The lowest BCUT2D eigenvalue weighted by molar-refractivity contribution is -0.127. The molecule has 1 aromatic carbocycles. The molecule has 0 saturated carbocycles. The summed E-state index contributed by atoms with van der Waals surface area (Å²) in [6.07, 6.45) is 0.400. The number of likely N-dealkylation sites (N-methyl/N-ethyl adjacent to an activating group) is 1. The minimum Gasteiger partial charge on any atom is -0.357 e. The second kappa shape index (κ2) is 6.40. The van der Waals surface area contributed by atoms with Crippen molar-refractivity contribution in [3.63, 3.8) is 0 Å². The van der Waals surface area contributed by atoms with Crippen molar-refractivity contribution in [2.24, 2.45) is 0 Å². The maximum atomic E-state index is 11.6. The molecule has 0 spiro atoms. The third kappa shape index (κ3) is 3.91. The van der Waals surface area contributed by atoms with Crippen molar-refractivity contribution in [2.75, 3.05) is 7.05 Å². The van der Waals surface area contributed by atoms with E-state index in [2.05, 4.69) is 15.5 Å². The zero-order valence-corrected chi connectivity index (χ0v) is 10.4. The largest absolute Gasteiger partial charge is 0.357 e. The Hall–Kier alpha value is -2.35. The summed E-state index contributed by atoms with van der Waals surface area (Å²) in [4.78, 5) is 25.9. The van der Waals surface area contributed by atoms with Gasteiger partial charge >= 0.3 is 0 Å². The van der Waals surface area contributed by atoms with Gasteiger partial charge in [0.15, 0.2) is 5.69 Å². The van der Waals surface area contributed by atoms with E-state index in [9.17, 15) is 9.59 Å². The van der Waals surface area contributed by atoms with Crippen LogP contribution >= 0.6 is 0 Å². The first-order valence-electron chi connectivity index (χ1n) is 5.52. The van der Waals surface area contributed by atoms with Gasteiger partial charge in [-0.1, -0.05) is 24.3 Å². The number of rotatable bonds is 4. The number of amides is 2. The van der Waals surface area contributed by atoms with Crippen molar-refractivity contribution in [2.45, 2.75) is 19.4 Å². The molecule has 1 atom stereocenters. The van der Waals surface area contributed by atoms with Crippen LogP contribution in [0.25, 0.3) is 4.85 Å². The lowest BCUT2D eigenvalue weighted by atomic mass is 10.0. The molecule has 0 fully saturated rings. The fraction of sp³-hybridized carbons (Fsp3) is 0.308. The summed E-state index contributed by atoms with van der Waals surface area (Å²) in [5.41, 5.74) is 1.44. The van der Waals surface area contributed by atoms with Crippen LogP contribution in [0.1, 0.15) is 12.5 Å². The number of benzene rings is 1. The van der Waals surface area contributed by atoms with Gasteiger partial charge in [-0.05, 0) is 5.56 Å². The van der Waals surface area contributed by atoms with Gasteiger partial charge in [-0.25, -0.2) is 4.85 Å². The quantitative estimate of drug-likeness (QED) is 0.778. The topological polar surface area (TPSA) is 62.6 Å². The van der Waals surface area contributed by atoms with Crippen molar-refractivity contribution < 1.29 is 9.59 Å². The van der Waals surface area contributed by atoms with Crippen LogP contribution in [0.2, 0.25) is 0 Å². The molecular formula is C13H15N3O2. The van der Waals surface area contributed by atoms with Gasteiger partial charge < -0.3 is 10.6 Å². The molecule has 5 nitrogen and oxygen atoms in total. The van der Waals surface area contributed by atoms with Crippen LogP contribution < -0.4 is 10.6 Å². The Kier molecular flexibility index (Phi) is 4.88. The molecule has 0 unspecified atom stereocenters. The fourth-order valence-corrected chi connectivity index (χ4v) is 1.57. The Balaban J connectivity index is 2.78. The van der Waals surface area contributed by atoms with Crippen molar-refractivity contribution >= 4 is 17.5 Å². The molecule has 0 radical (unpaired) electrons. The van der Waals surface area contributed by atoms with E-state index in [0.29, 0.717) is 12.1 Å². The number of hydrogen-bond donors (Lipinski definition) is 2. The maximum Gasteiger partial charge on any atom is 0.242 e. The Labute approximate surface area is 106 Å². The molecule has 18 heavy (non-hydrogen) atoms. The molecule has 1 rings (SSSR count). The summed E-state index contributed by atoms with van der Waals surface area (Å²) in [6, 6.07) is 6.36. The number of hydrogen-bond acceptors (Lipinski definition) is 2. The highest BCUT2D eigenvalue weighted by molar-refractivity contribution is 5.86. The van der Waals surface area contributed by atoms with Gasteiger partial charge in [0.1, 0.15) is 6.04 Å². The number of carbonyl (C=O) groups is 2. The van der Waals surface area contributed by atoms with Gasteiger partial charge in [0, 0.05) is 20.4 Å². The average Bonchev–Trinajstić information content (AvgIpc) is 2.37. The molecule has 0 aliphatic carbocycles. The Morgan fingerprint density at radius 1 is 1.33 bits per heavy atom. The Bertz CT molecular complexity index is 474. The van der Waals surface area contributed by atoms with Crippen molar-refractivity contribution in [3.05, 3.63) is 41.2 Å². The molecule has 0 heterocycles. The monoisotopic (exact) mass is 245 g/mol. The number of carbonyl (C=O) groups excluding carboxylic acids is 2. The van der Waals surface area contributed by atoms with Crippen LogP contribution in [0.4, 0.5) is 5.69 Å². The first-order valence-corrected chi connectivity index (χ1v) is 5.52. The second-order valence-corrected chi connectivity index (χ2v) is 3.85. The molecular weight excluding hydrogens is 230 g/mol. The van der Waals surface area contributed by atoms with E-state index in [-0.39, 0.29) is 11.8 Å². The number of nitrogens with zero attached hydrogens (tertiary/aromatic N) is 1. The standard InChI is InChI=1S/C13H15N3O2/c1-9(17)16-12(13(18)15-3)8-10-4-6-11(14-2)7-5-10/h4-7,12H,8H2,1,3H3,(H,15,18)(H,16,17)/t12-/m0/s1. The van der Waals surface area contributed by atoms with Gasteiger partial charge in [-0.2, -0.15) is 0 Å². The third-order valence-corrected chi connectivity index (χ3v) is 2.45. The van der Waals surface area contributed by atoms with E-state index in [0.717, 1.165) is 5.56 Å². The minimum absolute atomic E-state index is 0.237. The molecule has 2 N–H and O–H groups in total. The van der Waals surface area contributed by atoms with E-state index in [1.165, 1.54) is 14.0 Å². The van der Waals surface area contributed by atoms with Crippen LogP contribution in [0.3, 0.4) is 0 Å². The van der Waals surface area contributed by atoms with Crippen molar-refractivity contribution in [3.8, 4) is 0 Å². The van der Waals surface area contributed by atoms with Gasteiger partial charge in [-0.3, -0.25) is 9.59 Å². The first-order chi connectivity index (χ1) is 8.56. The average molecular weight is 245 g/mol. The molecule has 94 valence electrons. The van der Waals surface area contributed by atoms with E-state index < -0.39 is 6.04 Å². The predicted octanol–water partition coefficient (Wildman–Crippen LogP) is 1.03. The van der Waals surface area contributed by atoms with Gasteiger partial charge in [0.25, 0.3) is 0 Å². The van der Waals surface area contributed by atoms with Crippen molar-refractivity contribution in [1.82, 2.24) is 10.6 Å². The van der Waals surface area contributed by atoms with Crippen LogP contribution in [0.15, 0.2) is 24.3 Å². The summed E-state index contributed by atoms with van der Waals surface area (Å²) in [6.45, 7) is 8.22. The molecule has 0 aliphatic rings. The normalized spacial score (nSPS) is 11.2. The van der Waals surface area contributed by atoms with Crippen LogP contribution in [0, 0.1) is 6.57 Å². The van der Waals surface area contributed by atoms with Gasteiger partial charge in [0.2, 0.25) is 11.8 Å². The predicted molar refractivity (Wildman–Crippen MR) is 68.1 cm³/mol. The molecule has 0 saturated heterocycles. The summed E-state index contributed by atoms with van der Waals surface area (Å²) >= 11 is 0. The Morgan fingerprint density at radius 2 is 1.94 bits per heavy atom. The lowest BCUT2D eigenvalue weighted by Crippen LogP contribution is -2.46.